The van der Waals surface area contributed by atoms with Gasteiger partial charge in [0.25, 0.3) is 0 Å². The van der Waals surface area contributed by atoms with Crippen LogP contribution in [0.3, 0.4) is 0 Å². The van der Waals surface area contributed by atoms with Crippen molar-refractivity contribution < 1.29 is 13.5 Å². The van der Waals surface area contributed by atoms with Crippen LogP contribution in [0.15, 0.2) is 46.9 Å². The van der Waals surface area contributed by atoms with Gasteiger partial charge in [-0.25, -0.2) is 13.1 Å². The largest absolute Gasteiger partial charge is 0.390 e. The van der Waals surface area contributed by atoms with Crippen LogP contribution < -0.4 is 4.72 Å². The normalized spacial score (nSPS) is 30.5. The van der Waals surface area contributed by atoms with Gasteiger partial charge in [0.05, 0.1) is 11.0 Å². The minimum absolute atomic E-state index is 0.0384. The van der Waals surface area contributed by atoms with Crippen molar-refractivity contribution in [2.75, 3.05) is 13.1 Å². The quantitative estimate of drug-likeness (QED) is 0.745. The van der Waals surface area contributed by atoms with Gasteiger partial charge in [0.1, 0.15) is 0 Å². The number of hydrogen-bond donors (Lipinski definition) is 2. The Morgan fingerprint density at radius 2 is 2.00 bits per heavy atom. The summed E-state index contributed by atoms with van der Waals surface area (Å²) < 4.78 is 27.8. The first kappa shape index (κ1) is 19.5. The van der Waals surface area contributed by atoms with E-state index in [2.05, 4.69) is 23.5 Å². The maximum Gasteiger partial charge on any atom is 0.240 e. The monoisotopic (exact) mass is 378 g/mol. The smallest absolute Gasteiger partial charge is 0.240 e. The molecular weight excluding hydrogens is 348 g/mol. The van der Waals surface area contributed by atoms with Crippen LogP contribution in [-0.4, -0.2) is 49.7 Å². The van der Waals surface area contributed by atoms with Crippen molar-refractivity contribution >= 4 is 10.0 Å². The molecule has 5 nitrogen and oxygen atoms in total. The zero-order valence-electron chi connectivity index (χ0n) is 15.6. The minimum atomic E-state index is -3.60. The minimum Gasteiger partial charge on any atom is -0.390 e. The van der Waals surface area contributed by atoms with Crippen LogP contribution in [0.25, 0.3) is 0 Å². The Hall–Kier alpha value is -1.21. The van der Waals surface area contributed by atoms with E-state index in [1.54, 1.807) is 12.2 Å². The van der Waals surface area contributed by atoms with Crippen molar-refractivity contribution in [2.24, 2.45) is 5.92 Å². The maximum atomic E-state index is 12.6. The number of β-amino-alcohol motifs (C(OH)–C–C–N with tert-alkyl or cyclic N) is 1. The zero-order chi connectivity index (χ0) is 18.7. The molecule has 0 radical (unpaired) electrons. The highest BCUT2D eigenvalue weighted by atomic mass is 32.2. The first-order valence-corrected chi connectivity index (χ1v) is 11.1. The lowest BCUT2D eigenvalue weighted by Gasteiger charge is -2.40. The predicted molar refractivity (Wildman–Crippen MR) is 105 cm³/mol. The van der Waals surface area contributed by atoms with Crippen molar-refractivity contribution in [3.05, 3.63) is 46.9 Å². The van der Waals surface area contributed by atoms with Crippen LogP contribution in [0.5, 0.6) is 0 Å². The van der Waals surface area contributed by atoms with Gasteiger partial charge in [-0.1, -0.05) is 36.8 Å². The van der Waals surface area contributed by atoms with Gasteiger partial charge < -0.3 is 5.11 Å². The Labute approximate surface area is 157 Å². The van der Waals surface area contributed by atoms with Crippen molar-refractivity contribution in [2.45, 2.75) is 57.7 Å². The summed E-state index contributed by atoms with van der Waals surface area (Å²) >= 11 is 0. The lowest BCUT2D eigenvalue weighted by molar-refractivity contribution is 0.0438. The zero-order valence-corrected chi connectivity index (χ0v) is 16.5. The molecule has 3 aliphatic rings. The number of piperidine rings is 1. The van der Waals surface area contributed by atoms with Crippen molar-refractivity contribution in [1.29, 1.82) is 0 Å². The summed E-state index contributed by atoms with van der Waals surface area (Å²) in [5.74, 6) is 0.122. The van der Waals surface area contributed by atoms with E-state index in [4.69, 9.17) is 0 Å². The first-order valence-electron chi connectivity index (χ1n) is 9.57. The van der Waals surface area contributed by atoms with Gasteiger partial charge >= 0.3 is 0 Å². The molecule has 0 spiro atoms. The van der Waals surface area contributed by atoms with E-state index in [-0.39, 0.29) is 12.5 Å². The number of allylic oxidation sites excluding steroid dienone is 7. The summed E-state index contributed by atoms with van der Waals surface area (Å²) in [7, 11) is -3.60. The molecule has 3 rings (SSSR count). The predicted octanol–water partition coefficient (Wildman–Crippen LogP) is 2.49. The Bertz CT molecular complexity index is 726. The summed E-state index contributed by atoms with van der Waals surface area (Å²) in [6.45, 7) is 4.89. The molecule has 1 heterocycles. The van der Waals surface area contributed by atoms with Crippen LogP contribution in [0.4, 0.5) is 0 Å². The van der Waals surface area contributed by atoms with Crippen LogP contribution in [0.2, 0.25) is 0 Å². The van der Waals surface area contributed by atoms with Crippen molar-refractivity contribution in [3.63, 3.8) is 0 Å². The molecule has 1 fully saturated rings. The average Bonchev–Trinajstić information content (AvgIpc) is 2.63. The standard InChI is InChI=1S/C20H30N2O3S/c1-15-6-5-7-16(2)22(15)14-19(23)13-21-26(24,25)20-11-10-17-8-3-4-9-18(17)12-20/h3-4,8,10-12,15-16,18-19,21,23H,5-7,9,13-14H2,1-2H3/t15-,16+,18?,19-/m0/s1. The average molecular weight is 379 g/mol. The topological polar surface area (TPSA) is 69.6 Å². The molecule has 0 aromatic rings. The second-order valence-electron chi connectivity index (χ2n) is 7.67. The number of aliphatic hydroxyl groups excluding tert-OH is 1. The highest BCUT2D eigenvalue weighted by molar-refractivity contribution is 7.93. The number of nitrogens with zero attached hydrogens (tertiary/aromatic N) is 1. The molecule has 144 valence electrons. The fourth-order valence-corrected chi connectivity index (χ4v) is 5.22. The van der Waals surface area contributed by atoms with E-state index in [0.29, 0.717) is 23.5 Å². The molecule has 1 aliphatic heterocycles. The molecule has 1 unspecified atom stereocenters. The summed E-state index contributed by atoms with van der Waals surface area (Å²) in [6, 6.07) is 0.858. The fraction of sp³-hybridized carbons (Fsp3) is 0.600. The van der Waals surface area contributed by atoms with Crippen molar-refractivity contribution in [1.82, 2.24) is 9.62 Å². The summed E-state index contributed by atoms with van der Waals surface area (Å²) in [4.78, 5) is 2.58. The van der Waals surface area contributed by atoms with Gasteiger partial charge in [-0.15, -0.1) is 0 Å². The summed E-state index contributed by atoms with van der Waals surface area (Å²) in [5, 5.41) is 10.4. The number of likely N-dealkylation sites (tertiary alicyclic amines) is 1. The third kappa shape index (κ3) is 4.55. The van der Waals surface area contributed by atoms with Gasteiger partial charge in [-0.3, -0.25) is 4.90 Å². The fourth-order valence-electron chi connectivity index (χ4n) is 4.05. The SMILES string of the molecule is C[C@@H]1CCC[C@H](C)N1C[C@@H](O)CNS(=O)(=O)C1=CC2CC=CC=C2C=C1. The second kappa shape index (κ2) is 8.21. The molecule has 4 atom stereocenters. The van der Waals surface area contributed by atoms with Gasteiger partial charge in [0, 0.05) is 31.1 Å². The highest BCUT2D eigenvalue weighted by Crippen LogP contribution is 2.30. The van der Waals surface area contributed by atoms with E-state index in [0.717, 1.165) is 24.8 Å². The van der Waals surface area contributed by atoms with E-state index in [9.17, 15) is 13.5 Å². The summed E-state index contributed by atoms with van der Waals surface area (Å²) in [6.07, 6.45) is 15.0. The van der Waals surface area contributed by atoms with Crippen LogP contribution >= 0.6 is 0 Å². The van der Waals surface area contributed by atoms with E-state index in [1.165, 1.54) is 6.42 Å². The van der Waals surface area contributed by atoms with Crippen LogP contribution in [0, 0.1) is 5.92 Å². The number of nitrogens with one attached hydrogen (secondary N) is 1. The van der Waals surface area contributed by atoms with Crippen LogP contribution in [0.1, 0.15) is 39.5 Å². The summed E-state index contributed by atoms with van der Waals surface area (Å²) in [5.41, 5.74) is 1.14. The number of aliphatic hydroxyl groups is 1. The first-order chi connectivity index (χ1) is 12.4. The highest BCUT2D eigenvalue weighted by Gasteiger charge is 2.28. The molecule has 0 amide bonds. The Balaban J connectivity index is 1.56. The molecule has 2 aliphatic carbocycles. The lowest BCUT2D eigenvalue weighted by atomic mass is 9.88. The van der Waals surface area contributed by atoms with Gasteiger partial charge in [0.15, 0.2) is 0 Å². The second-order valence-corrected chi connectivity index (χ2v) is 9.44. The number of hydrogen-bond acceptors (Lipinski definition) is 4. The Kier molecular flexibility index (Phi) is 6.17. The molecular formula is C20H30N2O3S. The molecule has 26 heavy (non-hydrogen) atoms. The molecule has 0 aromatic carbocycles. The van der Waals surface area contributed by atoms with E-state index >= 15 is 0 Å². The third-order valence-electron chi connectivity index (χ3n) is 5.67. The molecule has 6 heteroatoms. The molecule has 0 aromatic heterocycles. The Morgan fingerprint density at radius 3 is 2.73 bits per heavy atom. The van der Waals surface area contributed by atoms with Crippen LogP contribution in [-0.2, 0) is 10.0 Å². The van der Waals surface area contributed by atoms with Crippen molar-refractivity contribution in [3.8, 4) is 0 Å². The van der Waals surface area contributed by atoms with Gasteiger partial charge in [-0.2, -0.15) is 0 Å². The molecule has 0 bridgehead atoms. The molecule has 2 N–H and O–H groups in total. The van der Waals surface area contributed by atoms with E-state index < -0.39 is 16.1 Å². The van der Waals surface area contributed by atoms with E-state index in [1.807, 2.05) is 24.3 Å². The number of sulfonamides is 1. The number of rotatable bonds is 6. The molecule has 0 saturated carbocycles. The number of fused-ring (bicyclic) bond motifs is 1. The Morgan fingerprint density at radius 1 is 1.27 bits per heavy atom. The third-order valence-corrected chi connectivity index (χ3v) is 7.10. The maximum absolute atomic E-state index is 12.6. The van der Waals surface area contributed by atoms with Gasteiger partial charge in [0.2, 0.25) is 10.0 Å². The molecule has 1 saturated heterocycles. The lowest BCUT2D eigenvalue weighted by Crippen LogP contribution is -2.49. The van der Waals surface area contributed by atoms with Gasteiger partial charge in [-0.05, 0) is 44.8 Å².